The van der Waals surface area contributed by atoms with Crippen molar-refractivity contribution in [1.29, 1.82) is 0 Å². The van der Waals surface area contributed by atoms with Crippen molar-refractivity contribution >= 4 is 0 Å². The van der Waals surface area contributed by atoms with Crippen molar-refractivity contribution < 1.29 is 8.78 Å². The molecule has 2 heteroatoms. The Hall–Kier alpha value is -1.70. The van der Waals surface area contributed by atoms with E-state index < -0.39 is 11.6 Å². The van der Waals surface area contributed by atoms with Crippen molar-refractivity contribution in [3.05, 3.63) is 59.7 Å². The highest BCUT2D eigenvalue weighted by atomic mass is 19.2. The monoisotopic (exact) mass is 340 g/mol. The van der Waals surface area contributed by atoms with Crippen molar-refractivity contribution in [2.45, 2.75) is 57.3 Å². The maximum absolute atomic E-state index is 13.4. The lowest BCUT2D eigenvalue weighted by molar-refractivity contribution is 0.235. The van der Waals surface area contributed by atoms with Crippen LogP contribution in [0.25, 0.3) is 11.1 Å². The number of rotatable bonds is 3. The van der Waals surface area contributed by atoms with Gasteiger partial charge >= 0.3 is 0 Å². The van der Waals surface area contributed by atoms with Crippen LogP contribution in [-0.2, 0) is 0 Å². The quantitative estimate of drug-likeness (QED) is 0.559. The van der Waals surface area contributed by atoms with E-state index in [0.717, 1.165) is 23.0 Å². The van der Waals surface area contributed by atoms with E-state index in [1.54, 1.807) is 6.07 Å². The third kappa shape index (κ3) is 3.63. The van der Waals surface area contributed by atoms with E-state index in [2.05, 4.69) is 12.1 Å². The topological polar surface area (TPSA) is 0 Å². The Morgan fingerprint density at radius 1 is 0.600 bits per heavy atom. The van der Waals surface area contributed by atoms with Gasteiger partial charge < -0.3 is 0 Å². The summed E-state index contributed by atoms with van der Waals surface area (Å²) in [7, 11) is 0. The molecule has 132 valence electrons. The lowest BCUT2D eigenvalue weighted by Crippen LogP contribution is -2.19. The molecule has 2 aromatic carbocycles. The molecule has 2 aromatic rings. The molecule has 0 heterocycles. The highest BCUT2D eigenvalue weighted by Crippen LogP contribution is 2.43. The summed E-state index contributed by atoms with van der Waals surface area (Å²) in [5, 5.41) is 0. The van der Waals surface area contributed by atoms with Gasteiger partial charge in [0.05, 0.1) is 0 Å². The van der Waals surface area contributed by atoms with Crippen molar-refractivity contribution in [1.82, 2.24) is 0 Å². The Morgan fingerprint density at radius 2 is 1.20 bits per heavy atom. The highest BCUT2D eigenvalue weighted by molar-refractivity contribution is 5.63. The molecular formula is C23H26F2. The Kier molecular flexibility index (Phi) is 4.87. The third-order valence-electron chi connectivity index (χ3n) is 6.47. The van der Waals surface area contributed by atoms with Gasteiger partial charge in [-0.15, -0.1) is 0 Å². The minimum Gasteiger partial charge on any atom is -0.204 e. The molecule has 0 saturated heterocycles. The summed E-state index contributed by atoms with van der Waals surface area (Å²) in [6.07, 6.45) is 11.1. The van der Waals surface area contributed by atoms with E-state index >= 15 is 0 Å². The normalized spacial score (nSPS) is 24.6. The van der Waals surface area contributed by atoms with Gasteiger partial charge in [0.2, 0.25) is 0 Å². The van der Waals surface area contributed by atoms with Gasteiger partial charge in [0.15, 0.2) is 11.6 Å². The second kappa shape index (κ2) is 7.27. The maximum atomic E-state index is 13.4. The second-order valence-electron chi connectivity index (χ2n) is 7.91. The molecule has 25 heavy (non-hydrogen) atoms. The van der Waals surface area contributed by atoms with E-state index in [1.165, 1.54) is 69.1 Å². The zero-order valence-electron chi connectivity index (χ0n) is 14.7. The smallest absolute Gasteiger partial charge is 0.159 e. The fourth-order valence-corrected chi connectivity index (χ4v) is 4.98. The van der Waals surface area contributed by atoms with Gasteiger partial charge in [-0.3, -0.25) is 0 Å². The van der Waals surface area contributed by atoms with E-state index in [9.17, 15) is 8.78 Å². The molecule has 0 aromatic heterocycles. The lowest BCUT2D eigenvalue weighted by atomic mass is 9.73. The molecule has 2 aliphatic carbocycles. The number of benzene rings is 2. The molecule has 0 spiro atoms. The van der Waals surface area contributed by atoms with Crippen molar-refractivity contribution in [2.75, 3.05) is 0 Å². The standard InChI is InChI=1S/C23H26F2/c24-22-14-13-21(15-23(22)25)20-11-9-19(10-12-20)18-7-5-17(6-8-18)16-3-1-2-4-16/h9-18H,1-8H2. The molecule has 0 N–H and O–H groups in total. The average molecular weight is 340 g/mol. The van der Waals surface area contributed by atoms with Crippen LogP contribution in [0.5, 0.6) is 0 Å². The Labute approximate surface area is 149 Å². The SMILES string of the molecule is Fc1ccc(-c2ccc(C3CCC(C4CCCC4)CC3)cc2)cc1F. The van der Waals surface area contributed by atoms with Crippen LogP contribution in [0, 0.1) is 23.5 Å². The predicted molar refractivity (Wildman–Crippen MR) is 98.5 cm³/mol. The Morgan fingerprint density at radius 3 is 1.84 bits per heavy atom. The first-order valence-corrected chi connectivity index (χ1v) is 9.76. The van der Waals surface area contributed by atoms with Crippen molar-refractivity contribution in [3.63, 3.8) is 0 Å². The maximum Gasteiger partial charge on any atom is 0.159 e. The summed E-state index contributed by atoms with van der Waals surface area (Å²) in [6.45, 7) is 0. The van der Waals surface area contributed by atoms with E-state index in [1.807, 2.05) is 12.1 Å². The summed E-state index contributed by atoms with van der Waals surface area (Å²) in [5.74, 6) is 1.04. The van der Waals surface area contributed by atoms with Crippen LogP contribution in [0.4, 0.5) is 8.78 Å². The molecule has 2 aliphatic rings. The summed E-state index contributed by atoms with van der Waals surface area (Å²) < 4.78 is 26.5. The fraction of sp³-hybridized carbons (Fsp3) is 0.478. The fourth-order valence-electron chi connectivity index (χ4n) is 4.98. The van der Waals surface area contributed by atoms with Crippen LogP contribution < -0.4 is 0 Å². The molecule has 4 rings (SSSR count). The van der Waals surface area contributed by atoms with Crippen LogP contribution >= 0.6 is 0 Å². The van der Waals surface area contributed by atoms with Gasteiger partial charge in [-0.1, -0.05) is 56.0 Å². The first-order valence-electron chi connectivity index (χ1n) is 9.76. The van der Waals surface area contributed by atoms with Crippen molar-refractivity contribution in [2.24, 2.45) is 11.8 Å². The van der Waals surface area contributed by atoms with Gasteiger partial charge in [-0.05, 0) is 72.3 Å². The third-order valence-corrected chi connectivity index (χ3v) is 6.47. The first kappa shape index (κ1) is 16.8. The average Bonchev–Trinajstić information content (AvgIpc) is 3.19. The highest BCUT2D eigenvalue weighted by Gasteiger charge is 2.29. The molecule has 0 unspecified atom stereocenters. The molecule has 2 saturated carbocycles. The number of hydrogen-bond donors (Lipinski definition) is 0. The largest absolute Gasteiger partial charge is 0.204 e. The second-order valence-corrected chi connectivity index (χ2v) is 7.91. The number of hydrogen-bond acceptors (Lipinski definition) is 0. The van der Waals surface area contributed by atoms with Crippen LogP contribution in [-0.4, -0.2) is 0 Å². The summed E-state index contributed by atoms with van der Waals surface area (Å²) in [4.78, 5) is 0. The van der Waals surface area contributed by atoms with Crippen LogP contribution in [0.2, 0.25) is 0 Å². The predicted octanol–water partition coefficient (Wildman–Crippen LogP) is 7.10. The summed E-state index contributed by atoms with van der Waals surface area (Å²) >= 11 is 0. The molecule has 2 fully saturated rings. The molecule has 0 atom stereocenters. The molecule has 0 aliphatic heterocycles. The number of halogens is 2. The van der Waals surface area contributed by atoms with Gasteiger partial charge in [-0.2, -0.15) is 0 Å². The first-order chi connectivity index (χ1) is 12.2. The molecular weight excluding hydrogens is 314 g/mol. The zero-order chi connectivity index (χ0) is 17.2. The molecule has 0 nitrogen and oxygen atoms in total. The van der Waals surface area contributed by atoms with Gasteiger partial charge in [0.25, 0.3) is 0 Å². The molecule has 0 bridgehead atoms. The van der Waals surface area contributed by atoms with Gasteiger partial charge in [0, 0.05) is 0 Å². The van der Waals surface area contributed by atoms with Gasteiger partial charge in [-0.25, -0.2) is 8.78 Å². The Bertz CT molecular complexity index is 705. The van der Waals surface area contributed by atoms with Crippen molar-refractivity contribution in [3.8, 4) is 11.1 Å². The minimum atomic E-state index is -0.792. The lowest BCUT2D eigenvalue weighted by Gasteiger charge is -2.32. The van der Waals surface area contributed by atoms with E-state index in [-0.39, 0.29) is 0 Å². The van der Waals surface area contributed by atoms with Crippen LogP contribution in [0.1, 0.15) is 62.8 Å². The van der Waals surface area contributed by atoms with E-state index in [0.29, 0.717) is 5.92 Å². The zero-order valence-corrected chi connectivity index (χ0v) is 14.7. The van der Waals surface area contributed by atoms with E-state index in [4.69, 9.17) is 0 Å². The Balaban J connectivity index is 1.41. The molecule has 0 radical (unpaired) electrons. The van der Waals surface area contributed by atoms with Crippen LogP contribution in [0.15, 0.2) is 42.5 Å². The van der Waals surface area contributed by atoms with Crippen LogP contribution in [0.3, 0.4) is 0 Å². The minimum absolute atomic E-state index is 0.664. The summed E-state index contributed by atoms with van der Waals surface area (Å²) in [5.41, 5.74) is 3.08. The molecule has 0 amide bonds. The summed E-state index contributed by atoms with van der Waals surface area (Å²) in [6, 6.07) is 12.6. The van der Waals surface area contributed by atoms with Gasteiger partial charge in [0.1, 0.15) is 0 Å².